The molecule has 2 N–H and O–H groups in total. The SMILES string of the molecule is CCNc1ncc(Br)c(NCC(C)SC)n1. The molecule has 0 aromatic carbocycles. The summed E-state index contributed by atoms with van der Waals surface area (Å²) in [5.74, 6) is 1.50. The van der Waals surface area contributed by atoms with E-state index in [1.807, 2.05) is 18.7 Å². The monoisotopic (exact) mass is 304 g/mol. The number of halogens is 1. The smallest absolute Gasteiger partial charge is 0.224 e. The fraction of sp³-hybridized carbons (Fsp3) is 0.600. The van der Waals surface area contributed by atoms with Crippen molar-refractivity contribution in [2.75, 3.05) is 30.0 Å². The van der Waals surface area contributed by atoms with E-state index in [-0.39, 0.29) is 0 Å². The van der Waals surface area contributed by atoms with Crippen LogP contribution in [0, 0.1) is 0 Å². The molecule has 0 saturated carbocycles. The van der Waals surface area contributed by atoms with E-state index < -0.39 is 0 Å². The molecule has 1 heterocycles. The Morgan fingerprint density at radius 2 is 2.25 bits per heavy atom. The molecule has 0 radical (unpaired) electrons. The van der Waals surface area contributed by atoms with Crippen molar-refractivity contribution in [1.82, 2.24) is 9.97 Å². The lowest BCUT2D eigenvalue weighted by Crippen LogP contribution is -2.14. The van der Waals surface area contributed by atoms with Crippen molar-refractivity contribution >= 4 is 39.5 Å². The summed E-state index contributed by atoms with van der Waals surface area (Å²) in [4.78, 5) is 8.54. The fourth-order valence-corrected chi connectivity index (χ4v) is 1.64. The highest BCUT2D eigenvalue weighted by molar-refractivity contribution is 9.10. The van der Waals surface area contributed by atoms with Gasteiger partial charge in [-0.2, -0.15) is 16.7 Å². The van der Waals surface area contributed by atoms with Gasteiger partial charge in [-0.15, -0.1) is 0 Å². The highest BCUT2D eigenvalue weighted by atomic mass is 79.9. The predicted molar refractivity (Wildman–Crippen MR) is 75.4 cm³/mol. The lowest BCUT2D eigenvalue weighted by molar-refractivity contribution is 0.979. The zero-order valence-corrected chi connectivity index (χ0v) is 12.2. The van der Waals surface area contributed by atoms with Gasteiger partial charge in [-0.05, 0) is 29.1 Å². The highest BCUT2D eigenvalue weighted by Gasteiger charge is 2.05. The molecule has 6 heteroatoms. The van der Waals surface area contributed by atoms with Crippen molar-refractivity contribution in [3.63, 3.8) is 0 Å². The molecule has 16 heavy (non-hydrogen) atoms. The summed E-state index contributed by atoms with van der Waals surface area (Å²) in [6, 6.07) is 0. The van der Waals surface area contributed by atoms with Crippen LogP contribution in [0.25, 0.3) is 0 Å². The minimum absolute atomic E-state index is 0.560. The maximum Gasteiger partial charge on any atom is 0.224 e. The van der Waals surface area contributed by atoms with Gasteiger partial charge in [0.05, 0.1) is 4.47 Å². The van der Waals surface area contributed by atoms with Crippen LogP contribution in [0.1, 0.15) is 13.8 Å². The van der Waals surface area contributed by atoms with Crippen LogP contribution < -0.4 is 10.6 Å². The van der Waals surface area contributed by atoms with E-state index in [4.69, 9.17) is 0 Å². The summed E-state index contributed by atoms with van der Waals surface area (Å²) in [7, 11) is 0. The van der Waals surface area contributed by atoms with E-state index in [0.29, 0.717) is 11.2 Å². The summed E-state index contributed by atoms with van der Waals surface area (Å²) in [5.41, 5.74) is 0. The van der Waals surface area contributed by atoms with Crippen molar-refractivity contribution in [1.29, 1.82) is 0 Å². The summed E-state index contributed by atoms with van der Waals surface area (Å²) >= 11 is 5.26. The molecule has 0 fully saturated rings. The summed E-state index contributed by atoms with van der Waals surface area (Å²) in [6.45, 7) is 5.91. The van der Waals surface area contributed by atoms with Crippen LogP contribution in [-0.2, 0) is 0 Å². The second-order valence-electron chi connectivity index (χ2n) is 3.35. The molecule has 1 atom stereocenters. The molecular formula is C10H17BrN4S. The Morgan fingerprint density at radius 1 is 1.50 bits per heavy atom. The van der Waals surface area contributed by atoms with Gasteiger partial charge in [0.2, 0.25) is 5.95 Å². The molecule has 0 bridgehead atoms. The second kappa shape index (κ2) is 6.96. The summed E-state index contributed by atoms with van der Waals surface area (Å²) in [6.07, 6.45) is 3.86. The number of hydrogen-bond acceptors (Lipinski definition) is 5. The molecule has 0 aliphatic heterocycles. The Kier molecular flexibility index (Phi) is 5.90. The van der Waals surface area contributed by atoms with Crippen LogP contribution in [0.15, 0.2) is 10.7 Å². The van der Waals surface area contributed by atoms with E-state index in [0.717, 1.165) is 23.4 Å². The van der Waals surface area contributed by atoms with Crippen LogP contribution >= 0.6 is 27.7 Å². The van der Waals surface area contributed by atoms with Gasteiger partial charge < -0.3 is 10.6 Å². The zero-order chi connectivity index (χ0) is 12.0. The average molecular weight is 305 g/mol. The first kappa shape index (κ1) is 13.6. The Hall–Kier alpha value is -0.490. The lowest BCUT2D eigenvalue weighted by atomic mass is 10.4. The molecule has 1 aromatic heterocycles. The molecule has 0 aliphatic carbocycles. The Balaban J connectivity index is 2.66. The number of anilines is 2. The third-order valence-corrected chi connectivity index (χ3v) is 3.59. The first-order valence-corrected chi connectivity index (χ1v) is 7.28. The molecule has 1 aromatic rings. The number of nitrogens with zero attached hydrogens (tertiary/aromatic N) is 2. The average Bonchev–Trinajstić information content (AvgIpc) is 2.29. The van der Waals surface area contributed by atoms with Gasteiger partial charge >= 0.3 is 0 Å². The first-order valence-electron chi connectivity index (χ1n) is 5.20. The Morgan fingerprint density at radius 3 is 2.88 bits per heavy atom. The molecule has 0 saturated heterocycles. The number of thioether (sulfide) groups is 1. The minimum Gasteiger partial charge on any atom is -0.368 e. The normalized spacial score (nSPS) is 12.2. The van der Waals surface area contributed by atoms with E-state index in [1.165, 1.54) is 0 Å². The van der Waals surface area contributed by atoms with Crippen molar-refractivity contribution in [3.05, 3.63) is 10.7 Å². The minimum atomic E-state index is 0.560. The number of nitrogens with one attached hydrogen (secondary N) is 2. The van der Waals surface area contributed by atoms with Crippen molar-refractivity contribution in [3.8, 4) is 0 Å². The van der Waals surface area contributed by atoms with E-state index in [9.17, 15) is 0 Å². The largest absolute Gasteiger partial charge is 0.368 e. The molecular weight excluding hydrogens is 288 g/mol. The predicted octanol–water partition coefficient (Wildman–Crippen LogP) is 2.83. The Labute approximate surface area is 109 Å². The van der Waals surface area contributed by atoms with Crippen LogP contribution in [-0.4, -0.2) is 34.6 Å². The van der Waals surface area contributed by atoms with Gasteiger partial charge in [-0.3, -0.25) is 0 Å². The first-order chi connectivity index (χ1) is 7.67. The lowest BCUT2D eigenvalue weighted by Gasteiger charge is -2.12. The van der Waals surface area contributed by atoms with Gasteiger partial charge in [0.1, 0.15) is 5.82 Å². The molecule has 1 unspecified atom stereocenters. The van der Waals surface area contributed by atoms with Crippen LogP contribution in [0.3, 0.4) is 0 Å². The van der Waals surface area contributed by atoms with Gasteiger partial charge in [0, 0.05) is 24.5 Å². The van der Waals surface area contributed by atoms with Crippen LogP contribution in [0.2, 0.25) is 0 Å². The van der Waals surface area contributed by atoms with Crippen LogP contribution in [0.4, 0.5) is 11.8 Å². The maximum atomic E-state index is 4.38. The van der Waals surface area contributed by atoms with E-state index >= 15 is 0 Å². The highest BCUT2D eigenvalue weighted by Crippen LogP contribution is 2.20. The third kappa shape index (κ3) is 4.17. The van der Waals surface area contributed by atoms with E-state index in [1.54, 1.807) is 6.20 Å². The van der Waals surface area contributed by atoms with Gasteiger partial charge in [-0.25, -0.2) is 4.98 Å². The van der Waals surface area contributed by atoms with Gasteiger partial charge in [0.25, 0.3) is 0 Å². The zero-order valence-electron chi connectivity index (χ0n) is 9.75. The van der Waals surface area contributed by atoms with Gasteiger partial charge in [0.15, 0.2) is 0 Å². The maximum absolute atomic E-state index is 4.38. The van der Waals surface area contributed by atoms with Crippen LogP contribution in [0.5, 0.6) is 0 Å². The Bertz CT molecular complexity index is 335. The summed E-state index contributed by atoms with van der Waals surface area (Å²) < 4.78 is 0.891. The standard InChI is InChI=1S/C10H17BrN4S/c1-4-12-10-14-6-8(11)9(15-10)13-5-7(2)16-3/h6-7H,4-5H2,1-3H3,(H2,12,13,14,15). The molecule has 1 rings (SSSR count). The third-order valence-electron chi connectivity index (χ3n) is 2.04. The van der Waals surface area contributed by atoms with Crippen molar-refractivity contribution in [2.45, 2.75) is 19.1 Å². The molecule has 0 aliphatic rings. The number of aromatic nitrogens is 2. The molecule has 90 valence electrons. The van der Waals surface area contributed by atoms with Gasteiger partial charge in [-0.1, -0.05) is 6.92 Å². The fourth-order valence-electron chi connectivity index (χ4n) is 1.06. The molecule has 4 nitrogen and oxygen atoms in total. The topological polar surface area (TPSA) is 49.8 Å². The van der Waals surface area contributed by atoms with E-state index in [2.05, 4.69) is 49.7 Å². The van der Waals surface area contributed by atoms with Crippen molar-refractivity contribution < 1.29 is 0 Å². The second-order valence-corrected chi connectivity index (χ2v) is 5.48. The van der Waals surface area contributed by atoms with Crippen molar-refractivity contribution in [2.24, 2.45) is 0 Å². The molecule has 0 spiro atoms. The number of rotatable bonds is 6. The number of hydrogen-bond donors (Lipinski definition) is 2. The quantitative estimate of drug-likeness (QED) is 0.846. The molecule has 0 amide bonds. The summed E-state index contributed by atoms with van der Waals surface area (Å²) in [5, 5.41) is 6.95.